The minimum absolute atomic E-state index is 0.280. The number of hydrogen-bond donors (Lipinski definition) is 3. The number of nitrogens with one attached hydrogen (secondary N) is 1. The number of hydrogen-bond acceptors (Lipinski definition) is 5. The number of rotatable bonds is 3. The molecule has 7 nitrogen and oxygen atoms in total. The minimum Gasteiger partial charge on any atom is -0.393 e. The van der Waals surface area contributed by atoms with E-state index >= 15 is 0 Å². The first-order valence-corrected chi connectivity index (χ1v) is 4.96. The van der Waals surface area contributed by atoms with Crippen molar-refractivity contribution in [2.75, 3.05) is 13.3 Å². The molecule has 1 aromatic heterocycles. The van der Waals surface area contributed by atoms with E-state index in [-0.39, 0.29) is 4.57 Å². The van der Waals surface area contributed by atoms with Crippen LogP contribution in [-0.4, -0.2) is 44.8 Å². The zero-order chi connectivity index (χ0) is 13.6. The van der Waals surface area contributed by atoms with Gasteiger partial charge in [-0.15, -0.1) is 0 Å². The van der Waals surface area contributed by atoms with Crippen molar-refractivity contribution in [2.45, 2.75) is 17.7 Å². The molecule has 1 unspecified atom stereocenters. The number of aromatic amines is 1. The summed E-state index contributed by atoms with van der Waals surface area (Å²) < 4.78 is 31.6. The van der Waals surface area contributed by atoms with Crippen LogP contribution in [0.2, 0.25) is 0 Å². The number of aliphatic hydroxyl groups excluding tert-OH is 2. The fraction of sp³-hybridized carbons (Fsp3) is 0.556. The Balaban J connectivity index is 2.41. The van der Waals surface area contributed by atoms with Gasteiger partial charge in [0.1, 0.15) is 6.67 Å². The Bertz CT molecular complexity index is 567. The van der Waals surface area contributed by atoms with Crippen LogP contribution in [-0.2, 0) is 10.7 Å². The Morgan fingerprint density at radius 3 is 2.67 bits per heavy atom. The molecule has 0 saturated carbocycles. The van der Waals surface area contributed by atoms with Crippen LogP contribution in [0, 0.1) is 0 Å². The van der Waals surface area contributed by atoms with Gasteiger partial charge in [0.25, 0.3) is 5.56 Å². The van der Waals surface area contributed by atoms with Crippen molar-refractivity contribution in [1.29, 1.82) is 0 Å². The topological polar surface area (TPSA) is 105 Å². The average molecular weight is 264 g/mol. The average Bonchev–Trinajstić information content (AvgIpc) is 2.35. The molecular weight excluding hydrogens is 254 g/mol. The lowest BCUT2D eigenvalue weighted by molar-refractivity contribution is -0.449. The van der Waals surface area contributed by atoms with Gasteiger partial charge < -0.3 is 14.9 Å². The van der Waals surface area contributed by atoms with Gasteiger partial charge in [-0.2, -0.15) is 4.39 Å². The molecule has 1 aliphatic heterocycles. The van der Waals surface area contributed by atoms with Gasteiger partial charge in [-0.25, -0.2) is 13.8 Å². The second kappa shape index (κ2) is 3.97. The maximum Gasteiger partial charge on any atom is 0.332 e. The normalized spacial score (nSPS) is 35.2. The number of alkyl halides is 2. The van der Waals surface area contributed by atoms with Gasteiger partial charge >= 0.3 is 11.7 Å². The zero-order valence-electron chi connectivity index (χ0n) is 8.97. The third kappa shape index (κ3) is 1.51. The Morgan fingerprint density at radius 1 is 1.56 bits per heavy atom. The second-order valence-corrected chi connectivity index (χ2v) is 3.95. The van der Waals surface area contributed by atoms with Crippen molar-refractivity contribution in [3.05, 3.63) is 33.1 Å². The maximum absolute atomic E-state index is 14.2. The van der Waals surface area contributed by atoms with Crippen molar-refractivity contribution in [3.8, 4) is 0 Å². The minimum atomic E-state index is -3.02. The van der Waals surface area contributed by atoms with E-state index < -0.39 is 42.2 Å². The van der Waals surface area contributed by atoms with Crippen LogP contribution in [0.25, 0.3) is 0 Å². The second-order valence-electron chi connectivity index (χ2n) is 3.95. The molecular formula is C9H10F2N2O5. The molecule has 1 aromatic rings. The summed E-state index contributed by atoms with van der Waals surface area (Å²) in [6, 6.07) is 0.840. The van der Waals surface area contributed by atoms with Gasteiger partial charge in [-0.05, 0) is 0 Å². The molecule has 3 N–H and O–H groups in total. The standard InChI is InChI=1S/C9H10F2N2O5/c10-3-8(4-14)6(16)9(11,18-8)13-2-1-5(15)12-7(13)17/h1-2,6,14,16H,3-4H2,(H,12,15,17)/t6-,8-,9?/m1/s1. The highest BCUT2D eigenvalue weighted by atomic mass is 19.2. The largest absolute Gasteiger partial charge is 0.393 e. The molecule has 0 spiro atoms. The van der Waals surface area contributed by atoms with Crippen molar-refractivity contribution >= 4 is 0 Å². The first-order chi connectivity index (χ1) is 8.39. The number of halogens is 2. The Kier molecular flexibility index (Phi) is 2.84. The summed E-state index contributed by atoms with van der Waals surface area (Å²) in [6.07, 6.45) is -1.31. The first-order valence-electron chi connectivity index (χ1n) is 4.96. The summed E-state index contributed by atoms with van der Waals surface area (Å²) >= 11 is 0. The third-order valence-corrected chi connectivity index (χ3v) is 2.83. The molecule has 2 rings (SSSR count). The van der Waals surface area contributed by atoms with E-state index in [4.69, 9.17) is 5.11 Å². The van der Waals surface area contributed by atoms with E-state index in [1.165, 1.54) is 0 Å². The van der Waals surface area contributed by atoms with Crippen LogP contribution < -0.4 is 11.2 Å². The zero-order valence-corrected chi connectivity index (χ0v) is 8.97. The molecule has 3 atom stereocenters. The molecule has 9 heteroatoms. The van der Waals surface area contributed by atoms with Gasteiger partial charge in [0, 0.05) is 12.3 Å². The number of H-pyrrole nitrogens is 1. The summed E-state index contributed by atoms with van der Waals surface area (Å²) in [6.45, 7) is -2.27. The third-order valence-electron chi connectivity index (χ3n) is 2.83. The molecule has 18 heavy (non-hydrogen) atoms. The van der Waals surface area contributed by atoms with E-state index in [1.807, 2.05) is 0 Å². The van der Waals surface area contributed by atoms with E-state index in [9.17, 15) is 23.5 Å². The van der Waals surface area contributed by atoms with Gasteiger partial charge in [0.2, 0.25) is 0 Å². The molecule has 0 aromatic carbocycles. The monoisotopic (exact) mass is 264 g/mol. The highest BCUT2D eigenvalue weighted by molar-refractivity contribution is 5.05. The van der Waals surface area contributed by atoms with Crippen LogP contribution in [0.1, 0.15) is 0 Å². The summed E-state index contributed by atoms with van der Waals surface area (Å²) in [5.41, 5.74) is -4.01. The van der Waals surface area contributed by atoms with Crippen molar-refractivity contribution in [1.82, 2.24) is 9.55 Å². The fourth-order valence-electron chi connectivity index (χ4n) is 1.76. The van der Waals surface area contributed by atoms with Gasteiger partial charge in [-0.1, -0.05) is 0 Å². The molecule has 100 valence electrons. The van der Waals surface area contributed by atoms with Crippen molar-refractivity contribution in [2.24, 2.45) is 0 Å². The van der Waals surface area contributed by atoms with E-state index in [1.54, 1.807) is 4.98 Å². The van der Waals surface area contributed by atoms with Gasteiger partial charge in [0.05, 0.1) is 6.61 Å². The molecule has 0 radical (unpaired) electrons. The van der Waals surface area contributed by atoms with E-state index in [2.05, 4.69) is 4.74 Å². The summed E-state index contributed by atoms with van der Waals surface area (Å²) in [5, 5.41) is 18.4. The Hall–Kier alpha value is -1.58. The van der Waals surface area contributed by atoms with Crippen molar-refractivity contribution < 1.29 is 23.7 Å². The molecule has 0 amide bonds. The molecule has 1 aliphatic rings. The smallest absolute Gasteiger partial charge is 0.332 e. The summed E-state index contributed by atoms with van der Waals surface area (Å²) in [5.74, 6) is -3.02. The predicted molar refractivity (Wildman–Crippen MR) is 53.3 cm³/mol. The van der Waals surface area contributed by atoms with Gasteiger partial charge in [0.15, 0.2) is 11.7 Å². The lowest BCUT2D eigenvalue weighted by Crippen LogP contribution is -2.75. The van der Waals surface area contributed by atoms with Gasteiger partial charge in [-0.3, -0.25) is 9.78 Å². The van der Waals surface area contributed by atoms with Crippen LogP contribution in [0.15, 0.2) is 21.9 Å². The molecule has 2 heterocycles. The van der Waals surface area contributed by atoms with Crippen LogP contribution in [0.3, 0.4) is 0 Å². The Morgan fingerprint density at radius 2 is 2.22 bits per heavy atom. The van der Waals surface area contributed by atoms with E-state index in [0.717, 1.165) is 12.3 Å². The van der Waals surface area contributed by atoms with Crippen LogP contribution >= 0.6 is 0 Å². The molecule has 1 fully saturated rings. The first kappa shape index (κ1) is 12.9. The Labute approximate surface area is 98.3 Å². The molecule has 0 bridgehead atoms. The molecule has 0 aliphatic carbocycles. The van der Waals surface area contributed by atoms with Crippen LogP contribution in [0.4, 0.5) is 8.78 Å². The highest BCUT2D eigenvalue weighted by Gasteiger charge is 2.68. The van der Waals surface area contributed by atoms with Crippen molar-refractivity contribution in [3.63, 3.8) is 0 Å². The SMILES string of the molecule is O=c1ccn(C2(F)O[C@@](CO)(CF)[C@H]2O)c(=O)[nH]1. The fourth-order valence-corrected chi connectivity index (χ4v) is 1.76. The predicted octanol–water partition coefficient (Wildman–Crippen LogP) is -1.79. The maximum atomic E-state index is 14.2. The van der Waals surface area contributed by atoms with E-state index in [0.29, 0.717) is 0 Å². The van der Waals surface area contributed by atoms with Crippen LogP contribution in [0.5, 0.6) is 0 Å². The number of aromatic nitrogens is 2. The summed E-state index contributed by atoms with van der Waals surface area (Å²) in [7, 11) is 0. The quantitative estimate of drug-likeness (QED) is 0.598. The lowest BCUT2D eigenvalue weighted by atomic mass is 9.89. The number of aliphatic hydroxyl groups is 2. The molecule has 1 saturated heterocycles. The number of ether oxygens (including phenoxy) is 1. The number of nitrogens with zero attached hydrogens (tertiary/aromatic N) is 1. The lowest BCUT2D eigenvalue weighted by Gasteiger charge is -2.53. The summed E-state index contributed by atoms with van der Waals surface area (Å²) in [4.78, 5) is 23.9. The highest BCUT2D eigenvalue weighted by Crippen LogP contribution is 2.45.